The number of likely N-dealkylation sites (N-methyl/N-ethyl adjacent to an activating group) is 1. The molecule has 5 nitrogen and oxygen atoms in total. The number of nitrogens with one attached hydrogen (secondary N) is 1. The average Bonchev–Trinajstić information content (AvgIpc) is 2.36. The number of hydrogen-bond donors (Lipinski definition) is 2. The van der Waals surface area contributed by atoms with Gasteiger partial charge in [0.05, 0.1) is 7.11 Å². The van der Waals surface area contributed by atoms with Crippen LogP contribution in [0.25, 0.3) is 0 Å². The van der Waals surface area contributed by atoms with Crippen molar-refractivity contribution in [2.24, 2.45) is 0 Å². The molecule has 106 valence electrons. The second-order valence-corrected chi connectivity index (χ2v) is 4.92. The van der Waals surface area contributed by atoms with Crippen LogP contribution in [0.1, 0.15) is 20.3 Å². The van der Waals surface area contributed by atoms with Gasteiger partial charge >= 0.3 is 5.97 Å². The van der Waals surface area contributed by atoms with Gasteiger partial charge in [-0.3, -0.25) is 4.79 Å². The molecule has 0 heterocycles. The molecule has 0 aliphatic carbocycles. The van der Waals surface area contributed by atoms with E-state index in [0.717, 1.165) is 5.75 Å². The molecule has 1 rings (SSSR count). The first-order valence-corrected chi connectivity index (χ1v) is 6.11. The molecule has 1 atom stereocenters. The van der Waals surface area contributed by atoms with E-state index in [1.54, 1.807) is 38.4 Å². The first-order chi connectivity index (χ1) is 8.88. The Bertz CT molecular complexity index is 414. The fourth-order valence-electron chi connectivity index (χ4n) is 1.81. The van der Waals surface area contributed by atoms with E-state index >= 15 is 0 Å². The van der Waals surface area contributed by atoms with Gasteiger partial charge in [0.15, 0.2) is 0 Å². The van der Waals surface area contributed by atoms with Gasteiger partial charge < -0.3 is 19.9 Å². The Morgan fingerprint density at radius 3 is 2.26 bits per heavy atom. The highest BCUT2D eigenvalue weighted by atomic mass is 16.5. The lowest BCUT2D eigenvalue weighted by atomic mass is 9.98. The molecule has 19 heavy (non-hydrogen) atoms. The molecule has 0 aliphatic heterocycles. The molecule has 1 unspecified atom stereocenters. The van der Waals surface area contributed by atoms with Crippen molar-refractivity contribution in [3.05, 3.63) is 24.3 Å². The number of hydrogen-bond acceptors (Lipinski definition) is 4. The van der Waals surface area contributed by atoms with Gasteiger partial charge in [0.25, 0.3) is 0 Å². The largest absolute Gasteiger partial charge is 0.497 e. The maximum atomic E-state index is 11.0. The molecule has 0 aromatic heterocycles. The van der Waals surface area contributed by atoms with Crippen LogP contribution in [0.4, 0.5) is 0 Å². The van der Waals surface area contributed by atoms with E-state index in [9.17, 15) is 4.79 Å². The molecular weight excluding hydrogens is 246 g/mol. The lowest BCUT2D eigenvalue weighted by Crippen LogP contribution is -2.42. The minimum absolute atomic E-state index is 0.366. The van der Waals surface area contributed by atoms with Crippen molar-refractivity contribution < 1.29 is 19.4 Å². The Balaban J connectivity index is 2.69. The monoisotopic (exact) mass is 267 g/mol. The molecule has 0 saturated heterocycles. The Morgan fingerprint density at radius 1 is 1.32 bits per heavy atom. The summed E-state index contributed by atoms with van der Waals surface area (Å²) in [6.45, 7) is 3.73. The summed E-state index contributed by atoms with van der Waals surface area (Å²) in [6.07, 6.45) is 0.366. The van der Waals surface area contributed by atoms with E-state index in [-0.39, 0.29) is 0 Å². The molecule has 0 fully saturated rings. The Morgan fingerprint density at radius 2 is 1.84 bits per heavy atom. The Hall–Kier alpha value is -1.75. The van der Waals surface area contributed by atoms with Crippen LogP contribution in [0.5, 0.6) is 11.5 Å². The Kier molecular flexibility index (Phi) is 5.18. The van der Waals surface area contributed by atoms with Crippen LogP contribution in [-0.2, 0) is 4.79 Å². The Labute approximate surface area is 113 Å². The molecule has 0 bridgehead atoms. The minimum Gasteiger partial charge on any atom is -0.497 e. The van der Waals surface area contributed by atoms with Gasteiger partial charge in [-0.05, 0) is 45.2 Å². The SMILES string of the molecule is CNC(CC(C)(C)Oc1ccc(OC)cc1)C(=O)O. The third-order valence-electron chi connectivity index (χ3n) is 2.80. The minimum atomic E-state index is -0.881. The van der Waals surface area contributed by atoms with Crippen LogP contribution in [-0.4, -0.2) is 36.9 Å². The molecule has 0 spiro atoms. The summed E-state index contributed by atoms with van der Waals surface area (Å²) in [4.78, 5) is 11.0. The van der Waals surface area contributed by atoms with Crippen LogP contribution >= 0.6 is 0 Å². The lowest BCUT2D eigenvalue weighted by molar-refractivity contribution is -0.140. The standard InChI is InChI=1S/C14H21NO4/c1-14(2,9-12(15-3)13(16)17)19-11-7-5-10(18-4)6-8-11/h5-8,12,15H,9H2,1-4H3,(H,16,17). The average molecular weight is 267 g/mol. The number of carboxylic acid groups (broad SMARTS) is 1. The van der Waals surface area contributed by atoms with Gasteiger partial charge in [-0.25, -0.2) is 0 Å². The van der Waals surface area contributed by atoms with Crippen molar-refractivity contribution >= 4 is 5.97 Å². The first kappa shape index (κ1) is 15.3. The second kappa shape index (κ2) is 6.43. The number of methoxy groups -OCH3 is 1. The number of carbonyl (C=O) groups is 1. The molecule has 1 aromatic rings. The number of ether oxygens (including phenoxy) is 2. The second-order valence-electron chi connectivity index (χ2n) is 4.92. The highest BCUT2D eigenvalue weighted by molar-refractivity contribution is 5.73. The van der Waals surface area contributed by atoms with Crippen molar-refractivity contribution in [1.29, 1.82) is 0 Å². The lowest BCUT2D eigenvalue weighted by Gasteiger charge is -2.29. The molecular formula is C14H21NO4. The highest BCUT2D eigenvalue weighted by Crippen LogP contribution is 2.24. The summed E-state index contributed by atoms with van der Waals surface area (Å²) in [7, 11) is 3.23. The topological polar surface area (TPSA) is 67.8 Å². The molecule has 2 N–H and O–H groups in total. The smallest absolute Gasteiger partial charge is 0.320 e. The number of benzene rings is 1. The fourth-order valence-corrected chi connectivity index (χ4v) is 1.81. The third kappa shape index (κ3) is 4.79. The van der Waals surface area contributed by atoms with E-state index in [2.05, 4.69) is 5.32 Å². The van der Waals surface area contributed by atoms with Crippen molar-refractivity contribution in [2.75, 3.05) is 14.2 Å². The molecule has 0 aliphatic rings. The summed E-state index contributed by atoms with van der Waals surface area (Å²) in [6, 6.07) is 6.58. The van der Waals surface area contributed by atoms with Crippen LogP contribution in [0.15, 0.2) is 24.3 Å². The van der Waals surface area contributed by atoms with E-state index < -0.39 is 17.6 Å². The zero-order chi connectivity index (χ0) is 14.5. The van der Waals surface area contributed by atoms with E-state index in [4.69, 9.17) is 14.6 Å². The van der Waals surface area contributed by atoms with Crippen molar-refractivity contribution in [3.63, 3.8) is 0 Å². The van der Waals surface area contributed by atoms with Crippen LogP contribution < -0.4 is 14.8 Å². The van der Waals surface area contributed by atoms with E-state index in [0.29, 0.717) is 12.2 Å². The maximum absolute atomic E-state index is 11.0. The number of rotatable bonds is 7. The summed E-state index contributed by atoms with van der Waals surface area (Å²) < 4.78 is 10.9. The molecule has 1 aromatic carbocycles. The summed E-state index contributed by atoms with van der Waals surface area (Å²) in [5.74, 6) is 0.559. The normalized spacial score (nSPS) is 12.8. The molecule has 0 amide bonds. The maximum Gasteiger partial charge on any atom is 0.320 e. The predicted octanol–water partition coefficient (Wildman–Crippen LogP) is 1.92. The molecule has 0 radical (unpaired) electrons. The van der Waals surface area contributed by atoms with Crippen molar-refractivity contribution in [1.82, 2.24) is 5.32 Å². The molecule has 5 heteroatoms. The molecule has 0 saturated carbocycles. The van der Waals surface area contributed by atoms with Crippen molar-refractivity contribution in [2.45, 2.75) is 31.9 Å². The summed E-state index contributed by atoms with van der Waals surface area (Å²) in [5, 5.41) is 11.8. The summed E-state index contributed by atoms with van der Waals surface area (Å²) in [5.41, 5.74) is -0.583. The van der Waals surface area contributed by atoms with Gasteiger partial charge in [0.1, 0.15) is 23.1 Å². The van der Waals surface area contributed by atoms with E-state index in [1.807, 2.05) is 13.8 Å². The zero-order valence-electron chi connectivity index (χ0n) is 11.8. The van der Waals surface area contributed by atoms with Crippen molar-refractivity contribution in [3.8, 4) is 11.5 Å². The van der Waals surface area contributed by atoms with Gasteiger partial charge in [0, 0.05) is 6.42 Å². The predicted molar refractivity (Wildman–Crippen MR) is 72.8 cm³/mol. The van der Waals surface area contributed by atoms with Gasteiger partial charge in [-0.15, -0.1) is 0 Å². The van der Waals surface area contributed by atoms with Crippen LogP contribution in [0.3, 0.4) is 0 Å². The van der Waals surface area contributed by atoms with Gasteiger partial charge in [-0.1, -0.05) is 0 Å². The van der Waals surface area contributed by atoms with E-state index in [1.165, 1.54) is 0 Å². The summed E-state index contributed by atoms with van der Waals surface area (Å²) >= 11 is 0. The van der Waals surface area contributed by atoms with Gasteiger partial charge in [-0.2, -0.15) is 0 Å². The zero-order valence-corrected chi connectivity index (χ0v) is 11.8. The van der Waals surface area contributed by atoms with Gasteiger partial charge in [0.2, 0.25) is 0 Å². The number of aliphatic carboxylic acids is 1. The highest BCUT2D eigenvalue weighted by Gasteiger charge is 2.28. The van der Waals surface area contributed by atoms with Crippen LogP contribution in [0.2, 0.25) is 0 Å². The quantitative estimate of drug-likeness (QED) is 0.790. The fraction of sp³-hybridized carbons (Fsp3) is 0.500. The third-order valence-corrected chi connectivity index (χ3v) is 2.80. The van der Waals surface area contributed by atoms with Crippen LogP contribution in [0, 0.1) is 0 Å². The first-order valence-electron chi connectivity index (χ1n) is 6.11. The number of carboxylic acids is 1.